The Balaban J connectivity index is 2.12. The van der Waals surface area contributed by atoms with E-state index in [1.165, 1.54) is 59.3 Å². The van der Waals surface area contributed by atoms with Gasteiger partial charge in [0.05, 0.1) is 16.3 Å². The molecule has 0 atom stereocenters. The van der Waals surface area contributed by atoms with Crippen molar-refractivity contribution in [3.63, 3.8) is 0 Å². The van der Waals surface area contributed by atoms with Gasteiger partial charge in [-0.25, -0.2) is 17.9 Å². The number of halogens is 3. The number of rotatable bonds is 4. The number of nitrogens with zero attached hydrogens (tertiary/aromatic N) is 3. The smallest absolute Gasteiger partial charge is 0.258 e. The summed E-state index contributed by atoms with van der Waals surface area (Å²) in [5.41, 5.74) is 0.654. The van der Waals surface area contributed by atoms with Crippen LogP contribution in [0.4, 0.5) is 18.9 Å². The van der Waals surface area contributed by atoms with Crippen molar-refractivity contribution in [3.05, 3.63) is 76.2 Å². The lowest BCUT2D eigenvalue weighted by atomic mass is 10.1. The Hall–Kier alpha value is -3.16. The van der Waals surface area contributed by atoms with Gasteiger partial charge in [-0.3, -0.25) is 10.1 Å². The van der Waals surface area contributed by atoms with Crippen molar-refractivity contribution in [1.29, 1.82) is 0 Å². The molecular weight excluding hydrogens is 323 g/mol. The van der Waals surface area contributed by atoms with Crippen molar-refractivity contribution in [3.8, 4) is 16.9 Å². The molecule has 0 amide bonds. The molecule has 1 heterocycles. The molecule has 0 radical (unpaired) electrons. The minimum Gasteiger partial charge on any atom is -0.258 e. The second-order valence-electron chi connectivity index (χ2n) is 4.95. The van der Waals surface area contributed by atoms with Crippen LogP contribution < -0.4 is 0 Å². The van der Waals surface area contributed by atoms with Crippen LogP contribution in [-0.2, 0) is 0 Å². The first-order chi connectivity index (χ1) is 11.5. The van der Waals surface area contributed by atoms with Crippen LogP contribution in [0.25, 0.3) is 16.9 Å². The van der Waals surface area contributed by atoms with Crippen LogP contribution >= 0.6 is 0 Å². The Morgan fingerprint density at radius 1 is 1.04 bits per heavy atom. The molecule has 0 aliphatic heterocycles. The van der Waals surface area contributed by atoms with Gasteiger partial charge in [0.15, 0.2) is 0 Å². The van der Waals surface area contributed by atoms with Gasteiger partial charge in [-0.2, -0.15) is 5.10 Å². The summed E-state index contributed by atoms with van der Waals surface area (Å²) in [6.07, 6.45) is -2.77. The van der Waals surface area contributed by atoms with E-state index in [2.05, 4.69) is 5.10 Å². The van der Waals surface area contributed by atoms with Crippen molar-refractivity contribution >= 4 is 5.69 Å². The zero-order valence-electron chi connectivity index (χ0n) is 12.1. The van der Waals surface area contributed by atoms with E-state index in [9.17, 15) is 23.3 Å². The summed E-state index contributed by atoms with van der Waals surface area (Å²) in [5, 5.41) is 14.6. The summed E-state index contributed by atoms with van der Waals surface area (Å²) >= 11 is 0. The zero-order valence-corrected chi connectivity index (χ0v) is 12.1. The minimum atomic E-state index is -2.77. The molecule has 0 spiro atoms. The Kier molecular flexibility index (Phi) is 4.03. The molecule has 0 fully saturated rings. The second-order valence-corrected chi connectivity index (χ2v) is 4.95. The quantitative estimate of drug-likeness (QED) is 0.521. The standard InChI is InChI=1S/C16H10F3N3O2/c17-11-3-7-12(8-4-11)21-15(9-14(20-21)16(18)19)10-1-5-13(6-2-10)22(23)24/h1-9,16H. The average Bonchev–Trinajstić information content (AvgIpc) is 3.01. The predicted molar refractivity (Wildman–Crippen MR) is 80.6 cm³/mol. The first-order valence-electron chi connectivity index (χ1n) is 6.84. The summed E-state index contributed by atoms with van der Waals surface area (Å²) in [6.45, 7) is 0. The highest BCUT2D eigenvalue weighted by molar-refractivity contribution is 5.64. The Labute approximate surface area is 134 Å². The molecule has 0 aliphatic rings. The van der Waals surface area contributed by atoms with Gasteiger partial charge in [0.2, 0.25) is 0 Å². The third-order valence-corrected chi connectivity index (χ3v) is 3.40. The Bertz CT molecular complexity index is 875. The Morgan fingerprint density at radius 2 is 1.67 bits per heavy atom. The van der Waals surface area contributed by atoms with Gasteiger partial charge in [-0.1, -0.05) is 0 Å². The van der Waals surface area contributed by atoms with Gasteiger partial charge in [-0.15, -0.1) is 0 Å². The fourth-order valence-corrected chi connectivity index (χ4v) is 2.24. The number of nitro groups is 1. The van der Waals surface area contributed by atoms with Crippen molar-refractivity contribution in [2.24, 2.45) is 0 Å². The van der Waals surface area contributed by atoms with Gasteiger partial charge >= 0.3 is 0 Å². The normalized spacial score (nSPS) is 11.0. The van der Waals surface area contributed by atoms with Crippen LogP contribution in [0, 0.1) is 15.9 Å². The number of hydrogen-bond donors (Lipinski definition) is 0. The van der Waals surface area contributed by atoms with Crippen molar-refractivity contribution in [2.45, 2.75) is 6.43 Å². The van der Waals surface area contributed by atoms with E-state index >= 15 is 0 Å². The lowest BCUT2D eigenvalue weighted by Gasteiger charge is -2.07. The molecule has 0 saturated carbocycles. The predicted octanol–water partition coefficient (Wildman–Crippen LogP) is 4.52. The SMILES string of the molecule is O=[N+]([O-])c1ccc(-c2cc(C(F)F)nn2-c2ccc(F)cc2)cc1. The number of benzene rings is 2. The molecule has 3 rings (SSSR count). The lowest BCUT2D eigenvalue weighted by molar-refractivity contribution is -0.384. The van der Waals surface area contributed by atoms with Gasteiger partial charge < -0.3 is 0 Å². The van der Waals surface area contributed by atoms with E-state index in [4.69, 9.17) is 0 Å². The molecule has 24 heavy (non-hydrogen) atoms. The Morgan fingerprint density at radius 3 is 2.21 bits per heavy atom. The van der Waals surface area contributed by atoms with Gasteiger partial charge in [0.1, 0.15) is 11.5 Å². The number of non-ortho nitro benzene ring substituents is 1. The highest BCUT2D eigenvalue weighted by Gasteiger charge is 2.18. The second kappa shape index (κ2) is 6.15. The molecule has 5 nitrogen and oxygen atoms in total. The molecule has 122 valence electrons. The summed E-state index contributed by atoms with van der Waals surface area (Å²) in [4.78, 5) is 10.2. The van der Waals surface area contributed by atoms with Gasteiger partial charge in [0.25, 0.3) is 12.1 Å². The highest BCUT2D eigenvalue weighted by atomic mass is 19.3. The van der Waals surface area contributed by atoms with Crippen LogP contribution in [0.15, 0.2) is 54.6 Å². The van der Waals surface area contributed by atoms with Crippen molar-refractivity contribution in [2.75, 3.05) is 0 Å². The number of hydrogen-bond acceptors (Lipinski definition) is 3. The highest BCUT2D eigenvalue weighted by Crippen LogP contribution is 2.29. The maximum absolute atomic E-state index is 13.1. The minimum absolute atomic E-state index is 0.110. The molecule has 0 N–H and O–H groups in total. The third-order valence-electron chi connectivity index (χ3n) is 3.40. The topological polar surface area (TPSA) is 61.0 Å². The maximum Gasteiger partial charge on any atom is 0.282 e. The van der Waals surface area contributed by atoms with E-state index < -0.39 is 22.9 Å². The molecular formula is C16H10F3N3O2. The summed E-state index contributed by atoms with van der Waals surface area (Å²) in [7, 11) is 0. The molecule has 1 aromatic heterocycles. The largest absolute Gasteiger partial charge is 0.282 e. The van der Waals surface area contributed by atoms with Crippen LogP contribution in [0.1, 0.15) is 12.1 Å². The molecule has 0 saturated heterocycles. The summed E-state index contributed by atoms with van der Waals surface area (Å²) in [6, 6.07) is 11.9. The van der Waals surface area contributed by atoms with Crippen LogP contribution in [0.2, 0.25) is 0 Å². The third kappa shape index (κ3) is 2.98. The van der Waals surface area contributed by atoms with Crippen LogP contribution in [-0.4, -0.2) is 14.7 Å². The molecule has 0 aliphatic carbocycles. The zero-order chi connectivity index (χ0) is 17.3. The van der Waals surface area contributed by atoms with E-state index in [1.807, 2.05) is 0 Å². The van der Waals surface area contributed by atoms with Crippen molar-refractivity contribution in [1.82, 2.24) is 9.78 Å². The number of aromatic nitrogens is 2. The van der Waals surface area contributed by atoms with Gasteiger partial charge in [0, 0.05) is 17.7 Å². The van der Waals surface area contributed by atoms with E-state index in [-0.39, 0.29) is 5.69 Å². The molecule has 2 aromatic carbocycles. The van der Waals surface area contributed by atoms with Crippen LogP contribution in [0.3, 0.4) is 0 Å². The maximum atomic E-state index is 13.1. The average molecular weight is 333 g/mol. The first kappa shape index (κ1) is 15.7. The van der Waals surface area contributed by atoms with E-state index in [1.54, 1.807) is 0 Å². The van der Waals surface area contributed by atoms with Crippen LogP contribution in [0.5, 0.6) is 0 Å². The number of nitro benzene ring substituents is 1. The van der Waals surface area contributed by atoms with E-state index in [0.29, 0.717) is 16.9 Å². The van der Waals surface area contributed by atoms with Gasteiger partial charge in [-0.05, 0) is 42.5 Å². The molecule has 0 unspecified atom stereocenters. The summed E-state index contributed by atoms with van der Waals surface area (Å²) < 4.78 is 40.3. The summed E-state index contributed by atoms with van der Waals surface area (Å²) in [5.74, 6) is -0.461. The van der Waals surface area contributed by atoms with E-state index in [0.717, 1.165) is 0 Å². The molecule has 0 bridgehead atoms. The fraction of sp³-hybridized carbons (Fsp3) is 0.0625. The fourth-order valence-electron chi connectivity index (χ4n) is 2.24. The van der Waals surface area contributed by atoms with Crippen molar-refractivity contribution < 1.29 is 18.1 Å². The first-order valence-corrected chi connectivity index (χ1v) is 6.84. The molecule has 8 heteroatoms. The number of alkyl halides is 2. The monoisotopic (exact) mass is 333 g/mol. The lowest BCUT2D eigenvalue weighted by Crippen LogP contribution is -2.00. The molecule has 3 aromatic rings.